The first-order valence-electron chi connectivity index (χ1n) is 6.60. The zero-order valence-electron chi connectivity index (χ0n) is 12.1. The van der Waals surface area contributed by atoms with Gasteiger partial charge in [0, 0.05) is 25.4 Å². The summed E-state index contributed by atoms with van der Waals surface area (Å²) in [5.74, 6) is -1.66. The molecule has 6 nitrogen and oxygen atoms in total. The van der Waals surface area contributed by atoms with Gasteiger partial charge in [0.2, 0.25) is 5.91 Å². The molecule has 0 rings (SSSR count). The topological polar surface area (TPSA) is 86.7 Å². The summed E-state index contributed by atoms with van der Waals surface area (Å²) in [7, 11) is 0. The fourth-order valence-corrected chi connectivity index (χ4v) is 1.76. The van der Waals surface area contributed by atoms with Crippen molar-refractivity contribution in [2.24, 2.45) is 5.92 Å². The van der Waals surface area contributed by atoms with E-state index in [0.717, 1.165) is 6.42 Å². The van der Waals surface area contributed by atoms with Crippen LogP contribution >= 0.6 is 0 Å². The van der Waals surface area contributed by atoms with E-state index in [2.05, 4.69) is 5.32 Å². The van der Waals surface area contributed by atoms with Crippen LogP contribution in [-0.2, 0) is 9.59 Å². The normalized spacial score (nSPS) is 12.1. The Labute approximate surface area is 114 Å². The second-order valence-corrected chi connectivity index (χ2v) is 5.05. The minimum Gasteiger partial charge on any atom is -0.481 e. The number of nitrogens with one attached hydrogen (secondary N) is 1. The molecule has 0 saturated carbocycles. The van der Waals surface area contributed by atoms with Gasteiger partial charge in [0.05, 0.1) is 0 Å². The number of urea groups is 1. The number of hydrogen-bond acceptors (Lipinski definition) is 3. The standard InChI is InChI=1S/C13H24N2O4/c1-5-6-15(9(2)3)13(19)14-11(16)7-10(4)8-12(17)18/h9-10H,5-8H2,1-4H3,(H,17,18)(H,14,16,19). The fraction of sp³-hybridized carbons (Fsp3) is 0.769. The van der Waals surface area contributed by atoms with Crippen molar-refractivity contribution in [3.05, 3.63) is 0 Å². The number of rotatable bonds is 7. The fourth-order valence-electron chi connectivity index (χ4n) is 1.76. The van der Waals surface area contributed by atoms with E-state index in [-0.39, 0.29) is 24.8 Å². The molecule has 0 aromatic carbocycles. The lowest BCUT2D eigenvalue weighted by Crippen LogP contribution is -2.46. The van der Waals surface area contributed by atoms with E-state index in [4.69, 9.17) is 5.11 Å². The molecule has 3 amide bonds. The number of imide groups is 1. The second-order valence-electron chi connectivity index (χ2n) is 5.05. The van der Waals surface area contributed by atoms with Gasteiger partial charge in [-0.15, -0.1) is 0 Å². The average Bonchev–Trinajstić information content (AvgIpc) is 2.23. The zero-order chi connectivity index (χ0) is 15.0. The van der Waals surface area contributed by atoms with Crippen LogP contribution in [0.2, 0.25) is 0 Å². The van der Waals surface area contributed by atoms with Gasteiger partial charge in [0.25, 0.3) is 0 Å². The Hall–Kier alpha value is -1.59. The minimum absolute atomic E-state index is 0.0178. The molecule has 0 saturated heterocycles. The molecule has 1 unspecified atom stereocenters. The third kappa shape index (κ3) is 7.43. The SMILES string of the molecule is CCCN(C(=O)NC(=O)CC(C)CC(=O)O)C(C)C. The maximum atomic E-state index is 11.9. The summed E-state index contributed by atoms with van der Waals surface area (Å²) in [5.41, 5.74) is 0. The Bertz CT molecular complexity index is 329. The number of nitrogens with zero attached hydrogens (tertiary/aromatic N) is 1. The molecule has 0 aliphatic rings. The predicted octanol–water partition coefficient (Wildman–Crippen LogP) is 1.84. The van der Waals surface area contributed by atoms with Crippen LogP contribution in [0.1, 0.15) is 47.0 Å². The number of amides is 3. The Morgan fingerprint density at radius 2 is 1.74 bits per heavy atom. The van der Waals surface area contributed by atoms with Gasteiger partial charge in [-0.3, -0.25) is 14.9 Å². The van der Waals surface area contributed by atoms with Crippen molar-refractivity contribution in [1.82, 2.24) is 10.2 Å². The van der Waals surface area contributed by atoms with Crippen molar-refractivity contribution in [1.29, 1.82) is 0 Å². The number of carboxylic acids is 1. The molecule has 1 atom stereocenters. The van der Waals surface area contributed by atoms with Gasteiger partial charge in [0.15, 0.2) is 0 Å². The lowest BCUT2D eigenvalue weighted by atomic mass is 10.0. The molecule has 0 radical (unpaired) electrons. The minimum atomic E-state index is -0.943. The van der Waals surface area contributed by atoms with Crippen molar-refractivity contribution >= 4 is 17.9 Å². The van der Waals surface area contributed by atoms with E-state index < -0.39 is 17.9 Å². The van der Waals surface area contributed by atoms with Gasteiger partial charge in [-0.05, 0) is 26.2 Å². The molecular weight excluding hydrogens is 248 g/mol. The summed E-state index contributed by atoms with van der Waals surface area (Å²) < 4.78 is 0. The highest BCUT2D eigenvalue weighted by atomic mass is 16.4. The largest absolute Gasteiger partial charge is 0.481 e. The van der Waals surface area contributed by atoms with Crippen molar-refractivity contribution in [3.63, 3.8) is 0 Å². The van der Waals surface area contributed by atoms with Crippen molar-refractivity contribution in [2.75, 3.05) is 6.54 Å². The molecule has 6 heteroatoms. The van der Waals surface area contributed by atoms with E-state index in [1.54, 1.807) is 11.8 Å². The molecule has 0 fully saturated rings. The summed E-state index contributed by atoms with van der Waals surface area (Å²) >= 11 is 0. The van der Waals surface area contributed by atoms with Crippen molar-refractivity contribution in [3.8, 4) is 0 Å². The lowest BCUT2D eigenvalue weighted by Gasteiger charge is -2.26. The lowest BCUT2D eigenvalue weighted by molar-refractivity contribution is -0.138. The third-order valence-electron chi connectivity index (χ3n) is 2.65. The first-order chi connectivity index (χ1) is 8.77. The average molecular weight is 272 g/mol. The smallest absolute Gasteiger partial charge is 0.324 e. The van der Waals surface area contributed by atoms with Gasteiger partial charge in [0.1, 0.15) is 0 Å². The zero-order valence-corrected chi connectivity index (χ0v) is 12.1. The molecule has 0 heterocycles. The van der Waals surface area contributed by atoms with Crippen molar-refractivity contribution in [2.45, 2.75) is 53.0 Å². The summed E-state index contributed by atoms with van der Waals surface area (Å²) in [6, 6.07) is -0.395. The highest BCUT2D eigenvalue weighted by molar-refractivity contribution is 5.94. The number of hydrogen-bond donors (Lipinski definition) is 2. The third-order valence-corrected chi connectivity index (χ3v) is 2.65. The first-order valence-corrected chi connectivity index (χ1v) is 6.60. The van der Waals surface area contributed by atoms with Gasteiger partial charge in [-0.2, -0.15) is 0 Å². The first kappa shape index (κ1) is 17.4. The summed E-state index contributed by atoms with van der Waals surface area (Å²) in [5, 5.41) is 10.9. The number of carboxylic acid groups (broad SMARTS) is 1. The Morgan fingerprint density at radius 1 is 1.16 bits per heavy atom. The summed E-state index contributed by atoms with van der Waals surface area (Å²) in [6.45, 7) is 7.98. The molecule has 0 aromatic rings. The molecule has 0 aliphatic heterocycles. The van der Waals surface area contributed by atoms with Crippen LogP contribution in [0, 0.1) is 5.92 Å². The van der Waals surface area contributed by atoms with E-state index in [0.29, 0.717) is 6.54 Å². The van der Waals surface area contributed by atoms with Crippen LogP contribution in [0.3, 0.4) is 0 Å². The molecule has 110 valence electrons. The molecule has 0 aliphatic carbocycles. The second kappa shape index (κ2) is 8.50. The van der Waals surface area contributed by atoms with Crippen LogP contribution in [0.25, 0.3) is 0 Å². The maximum Gasteiger partial charge on any atom is 0.324 e. The van der Waals surface area contributed by atoms with Crippen molar-refractivity contribution < 1.29 is 19.5 Å². The summed E-state index contributed by atoms with van der Waals surface area (Å²) in [4.78, 5) is 35.6. The Kier molecular flexibility index (Phi) is 7.79. The van der Waals surface area contributed by atoms with E-state index in [1.807, 2.05) is 20.8 Å². The van der Waals surface area contributed by atoms with Gasteiger partial charge >= 0.3 is 12.0 Å². The van der Waals surface area contributed by atoms with Crippen LogP contribution in [0.15, 0.2) is 0 Å². The molecule has 2 N–H and O–H groups in total. The van der Waals surface area contributed by atoms with Gasteiger partial charge in [-0.1, -0.05) is 13.8 Å². The quantitative estimate of drug-likeness (QED) is 0.740. The number of carbonyl (C=O) groups is 3. The molecular formula is C13H24N2O4. The highest BCUT2D eigenvalue weighted by Gasteiger charge is 2.20. The van der Waals surface area contributed by atoms with Crippen LogP contribution in [-0.4, -0.2) is 40.5 Å². The molecule has 19 heavy (non-hydrogen) atoms. The Morgan fingerprint density at radius 3 is 2.16 bits per heavy atom. The highest BCUT2D eigenvalue weighted by Crippen LogP contribution is 2.07. The Balaban J connectivity index is 4.30. The molecule has 0 spiro atoms. The van der Waals surface area contributed by atoms with E-state index >= 15 is 0 Å². The monoisotopic (exact) mass is 272 g/mol. The van der Waals surface area contributed by atoms with Gasteiger partial charge in [-0.25, -0.2) is 4.79 Å². The van der Waals surface area contributed by atoms with Crippen LogP contribution in [0.4, 0.5) is 4.79 Å². The predicted molar refractivity (Wildman–Crippen MR) is 71.7 cm³/mol. The van der Waals surface area contributed by atoms with E-state index in [1.165, 1.54) is 0 Å². The van der Waals surface area contributed by atoms with Gasteiger partial charge < -0.3 is 10.0 Å². The maximum absolute atomic E-state index is 11.9. The van der Waals surface area contributed by atoms with Crippen LogP contribution in [0.5, 0.6) is 0 Å². The number of carbonyl (C=O) groups excluding carboxylic acids is 2. The van der Waals surface area contributed by atoms with Crippen LogP contribution < -0.4 is 5.32 Å². The van der Waals surface area contributed by atoms with E-state index in [9.17, 15) is 14.4 Å². The number of aliphatic carboxylic acids is 1. The molecule has 0 aromatic heterocycles. The molecule has 0 bridgehead atoms. The summed E-state index contributed by atoms with van der Waals surface area (Å²) in [6.07, 6.45) is 0.774.